The van der Waals surface area contributed by atoms with Gasteiger partial charge in [-0.1, -0.05) is 25.5 Å². The molecule has 0 heterocycles. The van der Waals surface area contributed by atoms with Crippen molar-refractivity contribution < 1.29 is 4.74 Å². The Balaban J connectivity index is 2.64. The Hall–Kier alpha value is -0.300. The van der Waals surface area contributed by atoms with E-state index < -0.39 is 0 Å². The summed E-state index contributed by atoms with van der Waals surface area (Å²) >= 11 is 0. The summed E-state index contributed by atoms with van der Waals surface area (Å²) < 4.78 is 5.75. The summed E-state index contributed by atoms with van der Waals surface area (Å²) in [7, 11) is 0. The molecule has 0 amide bonds. The number of rotatable bonds is 3. The first-order chi connectivity index (χ1) is 6.15. The molecule has 0 fully saturated rings. The van der Waals surface area contributed by atoms with Gasteiger partial charge in [0.25, 0.3) is 0 Å². The zero-order chi connectivity index (χ0) is 9.84. The van der Waals surface area contributed by atoms with Crippen molar-refractivity contribution in [1.29, 1.82) is 0 Å². The smallest absolute Gasteiger partial charge is 0.0788 e. The van der Waals surface area contributed by atoms with Gasteiger partial charge in [0.15, 0.2) is 0 Å². The standard InChI is InChI=1S/C12H22O/c1-5-13-12-8-10(4)6-7-11(12)9(2)3/h8-9,11-12H,5-7H2,1-4H3/t11-,12+/m0/s1. The van der Waals surface area contributed by atoms with Crippen LogP contribution in [-0.4, -0.2) is 12.7 Å². The van der Waals surface area contributed by atoms with Crippen molar-refractivity contribution in [3.05, 3.63) is 11.6 Å². The number of hydrogen-bond acceptors (Lipinski definition) is 1. The molecule has 0 aromatic heterocycles. The highest BCUT2D eigenvalue weighted by molar-refractivity contribution is 5.08. The highest BCUT2D eigenvalue weighted by atomic mass is 16.5. The third-order valence-corrected chi connectivity index (χ3v) is 2.96. The fourth-order valence-corrected chi connectivity index (χ4v) is 2.12. The van der Waals surface area contributed by atoms with E-state index in [1.165, 1.54) is 18.4 Å². The monoisotopic (exact) mass is 182 g/mol. The second-order valence-corrected chi connectivity index (χ2v) is 4.38. The summed E-state index contributed by atoms with van der Waals surface area (Å²) in [5, 5.41) is 0. The maximum atomic E-state index is 5.75. The van der Waals surface area contributed by atoms with E-state index in [0.717, 1.165) is 18.4 Å². The van der Waals surface area contributed by atoms with Crippen molar-refractivity contribution in [1.82, 2.24) is 0 Å². The fourth-order valence-electron chi connectivity index (χ4n) is 2.12. The molecule has 0 aliphatic heterocycles. The lowest BCUT2D eigenvalue weighted by molar-refractivity contribution is 0.0283. The normalized spacial score (nSPS) is 29.2. The van der Waals surface area contributed by atoms with Crippen molar-refractivity contribution in [2.45, 2.75) is 46.6 Å². The predicted molar refractivity (Wildman–Crippen MR) is 56.7 cm³/mol. The van der Waals surface area contributed by atoms with Crippen LogP contribution in [0.1, 0.15) is 40.5 Å². The van der Waals surface area contributed by atoms with Gasteiger partial charge in [-0.05, 0) is 38.5 Å². The molecule has 0 aromatic rings. The van der Waals surface area contributed by atoms with Crippen LogP contribution < -0.4 is 0 Å². The topological polar surface area (TPSA) is 9.23 Å². The first-order valence-electron chi connectivity index (χ1n) is 5.44. The van der Waals surface area contributed by atoms with E-state index >= 15 is 0 Å². The van der Waals surface area contributed by atoms with Gasteiger partial charge in [-0.15, -0.1) is 0 Å². The molecule has 0 spiro atoms. The molecule has 0 unspecified atom stereocenters. The SMILES string of the molecule is CCO[C@@H]1C=C(C)CC[C@H]1C(C)C. The Morgan fingerprint density at radius 2 is 2.23 bits per heavy atom. The van der Waals surface area contributed by atoms with Gasteiger partial charge in [-0.3, -0.25) is 0 Å². The van der Waals surface area contributed by atoms with Crippen molar-refractivity contribution in [3.63, 3.8) is 0 Å². The molecule has 2 atom stereocenters. The molecule has 1 aliphatic rings. The molecular weight excluding hydrogens is 160 g/mol. The molecular formula is C12H22O. The van der Waals surface area contributed by atoms with Crippen LogP contribution in [-0.2, 0) is 4.74 Å². The Bertz CT molecular complexity index is 182. The van der Waals surface area contributed by atoms with Gasteiger partial charge in [0.1, 0.15) is 0 Å². The van der Waals surface area contributed by atoms with E-state index in [-0.39, 0.29) is 0 Å². The van der Waals surface area contributed by atoms with Crippen molar-refractivity contribution >= 4 is 0 Å². The average Bonchev–Trinajstić information content (AvgIpc) is 2.04. The molecule has 0 radical (unpaired) electrons. The molecule has 1 heteroatoms. The van der Waals surface area contributed by atoms with Gasteiger partial charge in [-0.25, -0.2) is 0 Å². The Morgan fingerprint density at radius 3 is 2.77 bits per heavy atom. The number of ether oxygens (including phenoxy) is 1. The maximum absolute atomic E-state index is 5.75. The molecule has 0 N–H and O–H groups in total. The third kappa shape index (κ3) is 2.84. The van der Waals surface area contributed by atoms with Crippen LogP contribution in [0.3, 0.4) is 0 Å². The van der Waals surface area contributed by atoms with Gasteiger partial charge in [0.05, 0.1) is 6.10 Å². The van der Waals surface area contributed by atoms with Crippen molar-refractivity contribution in [3.8, 4) is 0 Å². The molecule has 0 saturated carbocycles. The van der Waals surface area contributed by atoms with Gasteiger partial charge >= 0.3 is 0 Å². The lowest BCUT2D eigenvalue weighted by atomic mass is 9.80. The second-order valence-electron chi connectivity index (χ2n) is 4.38. The van der Waals surface area contributed by atoms with Crippen LogP contribution in [0, 0.1) is 11.8 Å². The zero-order valence-corrected chi connectivity index (χ0v) is 9.34. The van der Waals surface area contributed by atoms with Crippen molar-refractivity contribution in [2.24, 2.45) is 11.8 Å². The van der Waals surface area contributed by atoms with E-state index in [4.69, 9.17) is 4.74 Å². The fraction of sp³-hybridized carbons (Fsp3) is 0.833. The van der Waals surface area contributed by atoms with Gasteiger partial charge in [-0.2, -0.15) is 0 Å². The molecule has 1 rings (SSSR count). The quantitative estimate of drug-likeness (QED) is 0.608. The molecule has 0 aromatic carbocycles. The molecule has 1 nitrogen and oxygen atoms in total. The van der Waals surface area contributed by atoms with Gasteiger partial charge < -0.3 is 4.74 Å². The van der Waals surface area contributed by atoms with E-state index in [2.05, 4.69) is 33.8 Å². The van der Waals surface area contributed by atoms with Crippen LogP contribution in [0.4, 0.5) is 0 Å². The Kier molecular flexibility index (Phi) is 3.98. The number of hydrogen-bond donors (Lipinski definition) is 0. The van der Waals surface area contributed by atoms with Crippen LogP contribution >= 0.6 is 0 Å². The summed E-state index contributed by atoms with van der Waals surface area (Å²) in [5.41, 5.74) is 1.50. The molecule has 1 aliphatic carbocycles. The minimum atomic E-state index is 0.374. The summed E-state index contributed by atoms with van der Waals surface area (Å²) in [6, 6.07) is 0. The van der Waals surface area contributed by atoms with E-state index in [1.54, 1.807) is 0 Å². The summed E-state index contributed by atoms with van der Waals surface area (Å²) in [4.78, 5) is 0. The van der Waals surface area contributed by atoms with Gasteiger partial charge in [0, 0.05) is 6.61 Å². The lowest BCUT2D eigenvalue weighted by Crippen LogP contribution is -2.29. The van der Waals surface area contributed by atoms with Crippen LogP contribution in [0.5, 0.6) is 0 Å². The highest BCUT2D eigenvalue weighted by Crippen LogP contribution is 2.31. The van der Waals surface area contributed by atoms with Gasteiger partial charge in [0.2, 0.25) is 0 Å². The molecule has 76 valence electrons. The first-order valence-corrected chi connectivity index (χ1v) is 5.44. The molecule has 0 saturated heterocycles. The first kappa shape index (κ1) is 10.8. The van der Waals surface area contributed by atoms with E-state index in [1.807, 2.05) is 0 Å². The lowest BCUT2D eigenvalue weighted by Gasteiger charge is -2.32. The van der Waals surface area contributed by atoms with Crippen LogP contribution in [0.15, 0.2) is 11.6 Å². The summed E-state index contributed by atoms with van der Waals surface area (Å²) in [6.45, 7) is 9.71. The third-order valence-electron chi connectivity index (χ3n) is 2.96. The van der Waals surface area contributed by atoms with Crippen LogP contribution in [0.25, 0.3) is 0 Å². The Morgan fingerprint density at radius 1 is 1.54 bits per heavy atom. The number of allylic oxidation sites excluding steroid dienone is 1. The zero-order valence-electron chi connectivity index (χ0n) is 9.34. The summed E-state index contributed by atoms with van der Waals surface area (Å²) in [6.07, 6.45) is 5.24. The van der Waals surface area contributed by atoms with E-state index in [0.29, 0.717) is 6.10 Å². The second kappa shape index (κ2) is 4.80. The highest BCUT2D eigenvalue weighted by Gasteiger charge is 2.26. The summed E-state index contributed by atoms with van der Waals surface area (Å²) in [5.74, 6) is 1.46. The largest absolute Gasteiger partial charge is 0.374 e. The van der Waals surface area contributed by atoms with Crippen molar-refractivity contribution in [2.75, 3.05) is 6.61 Å². The van der Waals surface area contributed by atoms with Crippen LogP contribution in [0.2, 0.25) is 0 Å². The van der Waals surface area contributed by atoms with E-state index in [9.17, 15) is 0 Å². The predicted octanol–water partition coefficient (Wildman–Crippen LogP) is 3.40. The minimum Gasteiger partial charge on any atom is -0.374 e. The Labute approximate surface area is 82.2 Å². The average molecular weight is 182 g/mol. The molecule has 0 bridgehead atoms. The minimum absolute atomic E-state index is 0.374. The molecule has 13 heavy (non-hydrogen) atoms. The maximum Gasteiger partial charge on any atom is 0.0788 e.